The minimum absolute atomic E-state index is 0.0267. The Morgan fingerprint density at radius 1 is 1.38 bits per heavy atom. The molecular weight excluding hydrogens is 255 g/mol. The lowest BCUT2D eigenvalue weighted by molar-refractivity contribution is 0.0468. The molecule has 0 N–H and O–H groups in total. The van der Waals surface area contributed by atoms with Crippen molar-refractivity contribution in [3.05, 3.63) is 21.9 Å². The zero-order valence-electron chi connectivity index (χ0n) is 8.57. The van der Waals surface area contributed by atoms with Gasteiger partial charge in [-0.1, -0.05) is 23.2 Å². The van der Waals surface area contributed by atoms with Crippen LogP contribution >= 0.6 is 23.2 Å². The molecule has 0 fully saturated rings. The third-order valence-corrected chi connectivity index (χ3v) is 2.13. The van der Waals surface area contributed by atoms with Crippen LogP contribution in [0.5, 0.6) is 0 Å². The maximum atomic E-state index is 11.5. The van der Waals surface area contributed by atoms with Gasteiger partial charge in [-0.15, -0.1) is 10.2 Å². The number of aromatic nitrogens is 2. The number of halogens is 2. The first kappa shape index (κ1) is 13.2. The van der Waals surface area contributed by atoms with Gasteiger partial charge >= 0.3 is 5.97 Å². The largest absolute Gasteiger partial charge is 0.462 e. The molecule has 1 heterocycles. The summed E-state index contributed by atoms with van der Waals surface area (Å²) >= 11 is 11.3. The van der Waals surface area contributed by atoms with Crippen molar-refractivity contribution in [1.82, 2.24) is 10.2 Å². The number of carbonyl (C=O) groups excluding carboxylic acids is 1. The van der Waals surface area contributed by atoms with Crippen LogP contribution in [0.2, 0.25) is 10.3 Å². The van der Waals surface area contributed by atoms with E-state index in [1.54, 1.807) is 7.11 Å². The summed E-state index contributed by atoms with van der Waals surface area (Å²) in [6, 6.07) is 1.32. The maximum Gasteiger partial charge on any atom is 0.341 e. The molecule has 5 nitrogen and oxygen atoms in total. The Morgan fingerprint density at radius 3 is 2.81 bits per heavy atom. The fraction of sp³-hybridized carbons (Fsp3) is 0.444. The van der Waals surface area contributed by atoms with Gasteiger partial charge in [-0.05, 0) is 6.07 Å². The Hall–Kier alpha value is -0.910. The molecule has 88 valence electrons. The van der Waals surface area contributed by atoms with E-state index in [9.17, 15) is 4.79 Å². The first-order valence-corrected chi connectivity index (χ1v) is 5.25. The van der Waals surface area contributed by atoms with E-state index in [4.69, 9.17) is 32.7 Å². The molecule has 0 aromatic carbocycles. The van der Waals surface area contributed by atoms with E-state index in [1.807, 2.05) is 0 Å². The first-order valence-electron chi connectivity index (χ1n) is 4.50. The lowest BCUT2D eigenvalue weighted by atomic mass is 10.3. The lowest BCUT2D eigenvalue weighted by Crippen LogP contribution is -2.09. The Bertz CT molecular complexity index is 374. The maximum absolute atomic E-state index is 11.5. The fourth-order valence-electron chi connectivity index (χ4n) is 0.942. The highest BCUT2D eigenvalue weighted by Crippen LogP contribution is 2.16. The zero-order valence-corrected chi connectivity index (χ0v) is 10.1. The standard InChI is InChI=1S/C9H10Cl2N2O3/c1-15-3-2-4-16-9(14)6-5-7(10)12-13-8(6)11/h5H,2-4H2,1H3. The second-order valence-corrected chi connectivity index (χ2v) is 3.60. The van der Waals surface area contributed by atoms with E-state index in [2.05, 4.69) is 10.2 Å². The van der Waals surface area contributed by atoms with Gasteiger partial charge in [-0.2, -0.15) is 0 Å². The molecule has 0 atom stereocenters. The molecule has 16 heavy (non-hydrogen) atoms. The molecule has 0 amide bonds. The normalized spacial score (nSPS) is 10.2. The van der Waals surface area contributed by atoms with Crippen molar-refractivity contribution in [3.8, 4) is 0 Å². The molecule has 0 saturated heterocycles. The Morgan fingerprint density at radius 2 is 2.12 bits per heavy atom. The second-order valence-electron chi connectivity index (χ2n) is 2.85. The minimum atomic E-state index is -0.571. The van der Waals surface area contributed by atoms with Gasteiger partial charge < -0.3 is 9.47 Å². The summed E-state index contributed by atoms with van der Waals surface area (Å²) < 4.78 is 9.75. The van der Waals surface area contributed by atoms with Crippen molar-refractivity contribution in [3.63, 3.8) is 0 Å². The van der Waals surface area contributed by atoms with Crippen molar-refractivity contribution >= 4 is 29.2 Å². The molecule has 0 spiro atoms. The smallest absolute Gasteiger partial charge is 0.341 e. The highest BCUT2D eigenvalue weighted by molar-refractivity contribution is 6.33. The number of esters is 1. The van der Waals surface area contributed by atoms with Gasteiger partial charge in [0.25, 0.3) is 0 Å². The van der Waals surface area contributed by atoms with Crippen LogP contribution in [0.4, 0.5) is 0 Å². The lowest BCUT2D eigenvalue weighted by Gasteiger charge is -2.05. The van der Waals surface area contributed by atoms with Crippen LogP contribution in [-0.4, -0.2) is 36.5 Å². The van der Waals surface area contributed by atoms with Crippen LogP contribution in [0.25, 0.3) is 0 Å². The quantitative estimate of drug-likeness (QED) is 0.601. The number of hydrogen-bond acceptors (Lipinski definition) is 5. The molecule has 1 aromatic heterocycles. The van der Waals surface area contributed by atoms with Gasteiger partial charge in [0.1, 0.15) is 5.56 Å². The van der Waals surface area contributed by atoms with E-state index in [0.29, 0.717) is 13.0 Å². The summed E-state index contributed by atoms with van der Waals surface area (Å²) in [7, 11) is 1.57. The van der Waals surface area contributed by atoms with Crippen LogP contribution in [0, 0.1) is 0 Å². The van der Waals surface area contributed by atoms with Gasteiger partial charge in [-0.25, -0.2) is 4.79 Å². The topological polar surface area (TPSA) is 61.3 Å². The number of ether oxygens (including phenoxy) is 2. The van der Waals surface area contributed by atoms with Crippen molar-refractivity contribution in [2.45, 2.75) is 6.42 Å². The number of carbonyl (C=O) groups is 1. The Kier molecular flexibility index (Phi) is 5.45. The number of hydrogen-bond donors (Lipinski definition) is 0. The molecule has 1 rings (SSSR count). The van der Waals surface area contributed by atoms with Gasteiger partial charge in [0.2, 0.25) is 0 Å². The minimum Gasteiger partial charge on any atom is -0.462 e. The van der Waals surface area contributed by atoms with E-state index in [0.717, 1.165) is 0 Å². The molecule has 0 saturated carbocycles. The molecule has 0 unspecified atom stereocenters. The highest BCUT2D eigenvalue weighted by atomic mass is 35.5. The molecule has 0 bridgehead atoms. The Balaban J connectivity index is 2.55. The Labute approximate surface area is 103 Å². The number of methoxy groups -OCH3 is 1. The van der Waals surface area contributed by atoms with E-state index >= 15 is 0 Å². The molecule has 0 radical (unpaired) electrons. The zero-order chi connectivity index (χ0) is 12.0. The summed E-state index contributed by atoms with van der Waals surface area (Å²) in [6.45, 7) is 0.777. The van der Waals surface area contributed by atoms with E-state index in [-0.39, 0.29) is 22.5 Å². The number of rotatable bonds is 5. The average molecular weight is 265 g/mol. The fourth-order valence-corrected chi connectivity index (χ4v) is 1.26. The van der Waals surface area contributed by atoms with Gasteiger partial charge in [0, 0.05) is 20.1 Å². The van der Waals surface area contributed by atoms with Crippen molar-refractivity contribution < 1.29 is 14.3 Å². The number of nitrogens with zero attached hydrogens (tertiary/aromatic N) is 2. The molecule has 0 aliphatic carbocycles. The van der Waals surface area contributed by atoms with E-state index in [1.165, 1.54) is 6.07 Å². The predicted molar refractivity (Wildman–Crippen MR) is 58.8 cm³/mol. The van der Waals surface area contributed by atoms with E-state index < -0.39 is 5.97 Å². The molecule has 0 aliphatic heterocycles. The summed E-state index contributed by atoms with van der Waals surface area (Å²) in [5.74, 6) is -0.571. The summed E-state index contributed by atoms with van der Waals surface area (Å²) in [5, 5.41) is 7.05. The predicted octanol–water partition coefficient (Wildman–Crippen LogP) is 1.98. The summed E-state index contributed by atoms with van der Waals surface area (Å²) in [5.41, 5.74) is 0.110. The van der Waals surface area contributed by atoms with Crippen LogP contribution in [0.3, 0.4) is 0 Å². The van der Waals surface area contributed by atoms with Gasteiger partial charge in [0.15, 0.2) is 10.3 Å². The van der Waals surface area contributed by atoms with Gasteiger partial charge in [0.05, 0.1) is 6.61 Å². The van der Waals surface area contributed by atoms with Crippen molar-refractivity contribution in [1.29, 1.82) is 0 Å². The molecule has 1 aromatic rings. The monoisotopic (exact) mass is 264 g/mol. The molecular formula is C9H10Cl2N2O3. The van der Waals surface area contributed by atoms with Gasteiger partial charge in [-0.3, -0.25) is 0 Å². The van der Waals surface area contributed by atoms with Crippen molar-refractivity contribution in [2.75, 3.05) is 20.3 Å². The summed E-state index contributed by atoms with van der Waals surface area (Å²) in [4.78, 5) is 11.5. The summed E-state index contributed by atoms with van der Waals surface area (Å²) in [6.07, 6.45) is 0.617. The molecule has 0 aliphatic rings. The molecule has 7 heteroatoms. The third kappa shape index (κ3) is 3.92. The first-order chi connectivity index (χ1) is 7.65. The third-order valence-electron chi connectivity index (χ3n) is 1.66. The van der Waals surface area contributed by atoms with Crippen LogP contribution in [0.1, 0.15) is 16.8 Å². The van der Waals surface area contributed by atoms with Crippen LogP contribution < -0.4 is 0 Å². The second kappa shape index (κ2) is 6.62. The van der Waals surface area contributed by atoms with Crippen molar-refractivity contribution in [2.24, 2.45) is 0 Å². The van der Waals surface area contributed by atoms with Crippen LogP contribution in [0.15, 0.2) is 6.07 Å². The average Bonchev–Trinajstić information content (AvgIpc) is 2.27. The SMILES string of the molecule is COCCCOC(=O)c1cc(Cl)nnc1Cl. The highest BCUT2D eigenvalue weighted by Gasteiger charge is 2.14. The van der Waals surface area contributed by atoms with Crippen LogP contribution in [-0.2, 0) is 9.47 Å².